The van der Waals surface area contributed by atoms with Crippen molar-refractivity contribution in [3.8, 4) is 0 Å². The molecule has 6 heteroatoms. The molecular formula is C13H7BrClFINO. The molecule has 2 aromatic carbocycles. The van der Waals surface area contributed by atoms with Gasteiger partial charge in [0.2, 0.25) is 0 Å². The van der Waals surface area contributed by atoms with Gasteiger partial charge < -0.3 is 5.32 Å². The fourth-order valence-corrected chi connectivity index (χ4v) is 2.47. The quantitative estimate of drug-likeness (QED) is 0.629. The molecule has 0 unspecified atom stereocenters. The average molecular weight is 454 g/mol. The first kappa shape index (κ1) is 14.7. The Labute approximate surface area is 136 Å². The van der Waals surface area contributed by atoms with Crippen LogP contribution in [0.15, 0.2) is 40.9 Å². The van der Waals surface area contributed by atoms with Gasteiger partial charge in [-0.05, 0) is 68.9 Å². The molecule has 19 heavy (non-hydrogen) atoms. The van der Waals surface area contributed by atoms with Crippen LogP contribution in [0.5, 0.6) is 0 Å². The SMILES string of the molecule is O=C(Nc1cc(I)ccc1Br)c1cccc(Cl)c1F. The van der Waals surface area contributed by atoms with E-state index in [4.69, 9.17) is 11.6 Å². The van der Waals surface area contributed by atoms with Crippen LogP contribution in [-0.2, 0) is 0 Å². The molecule has 0 spiro atoms. The average Bonchev–Trinajstić information content (AvgIpc) is 2.37. The standard InChI is InChI=1S/C13H7BrClFINO/c14-9-5-4-7(17)6-11(9)18-13(19)8-2-1-3-10(15)12(8)16/h1-6H,(H,18,19). The van der Waals surface area contributed by atoms with E-state index in [1.165, 1.54) is 18.2 Å². The molecule has 0 aliphatic carbocycles. The Morgan fingerprint density at radius 1 is 1.32 bits per heavy atom. The molecule has 0 aliphatic heterocycles. The van der Waals surface area contributed by atoms with Crippen LogP contribution in [0.2, 0.25) is 5.02 Å². The zero-order valence-electron chi connectivity index (χ0n) is 9.38. The van der Waals surface area contributed by atoms with E-state index in [1.54, 1.807) is 6.07 Å². The van der Waals surface area contributed by atoms with E-state index in [1.807, 2.05) is 12.1 Å². The highest BCUT2D eigenvalue weighted by Gasteiger charge is 2.15. The summed E-state index contributed by atoms with van der Waals surface area (Å²) in [5.74, 6) is -1.26. The fraction of sp³-hybridized carbons (Fsp3) is 0. The first-order chi connectivity index (χ1) is 8.99. The minimum atomic E-state index is -0.719. The monoisotopic (exact) mass is 453 g/mol. The molecule has 1 N–H and O–H groups in total. The van der Waals surface area contributed by atoms with E-state index in [0.29, 0.717) is 5.69 Å². The third-order valence-corrected chi connectivity index (χ3v) is 4.03. The van der Waals surface area contributed by atoms with Crippen molar-refractivity contribution in [2.75, 3.05) is 5.32 Å². The highest BCUT2D eigenvalue weighted by Crippen LogP contribution is 2.26. The molecule has 0 saturated heterocycles. The Morgan fingerprint density at radius 2 is 2.05 bits per heavy atom. The predicted molar refractivity (Wildman–Crippen MR) is 86.2 cm³/mol. The van der Waals surface area contributed by atoms with Gasteiger partial charge in [0.15, 0.2) is 5.82 Å². The zero-order valence-corrected chi connectivity index (χ0v) is 13.9. The van der Waals surface area contributed by atoms with Gasteiger partial charge in [-0.2, -0.15) is 0 Å². The second-order valence-corrected chi connectivity index (χ2v) is 6.19. The summed E-state index contributed by atoms with van der Waals surface area (Å²) < 4.78 is 15.4. The number of carbonyl (C=O) groups is 1. The topological polar surface area (TPSA) is 29.1 Å². The Hall–Kier alpha value is -0.660. The number of hydrogen-bond donors (Lipinski definition) is 1. The molecule has 0 radical (unpaired) electrons. The van der Waals surface area contributed by atoms with E-state index in [0.717, 1.165) is 8.04 Å². The maximum atomic E-state index is 13.7. The van der Waals surface area contributed by atoms with E-state index in [2.05, 4.69) is 43.8 Å². The second kappa shape index (κ2) is 6.19. The Kier molecular flexibility index (Phi) is 4.81. The maximum absolute atomic E-state index is 13.7. The summed E-state index contributed by atoms with van der Waals surface area (Å²) in [4.78, 5) is 12.0. The van der Waals surface area contributed by atoms with E-state index in [-0.39, 0.29) is 10.6 Å². The van der Waals surface area contributed by atoms with Crippen LogP contribution in [0.3, 0.4) is 0 Å². The predicted octanol–water partition coefficient (Wildman–Crippen LogP) is 5.10. The fourth-order valence-electron chi connectivity index (χ4n) is 1.46. The summed E-state index contributed by atoms with van der Waals surface area (Å²) in [7, 11) is 0. The third kappa shape index (κ3) is 3.46. The van der Waals surface area contributed by atoms with Crippen molar-refractivity contribution in [1.82, 2.24) is 0 Å². The molecule has 0 atom stereocenters. The minimum absolute atomic E-state index is 0.0747. The Balaban J connectivity index is 2.31. The lowest BCUT2D eigenvalue weighted by Gasteiger charge is -2.09. The van der Waals surface area contributed by atoms with E-state index < -0.39 is 11.7 Å². The van der Waals surface area contributed by atoms with Gasteiger partial charge in [0, 0.05) is 8.04 Å². The summed E-state index contributed by atoms with van der Waals surface area (Å²) in [5.41, 5.74) is 0.495. The van der Waals surface area contributed by atoms with Gasteiger partial charge in [0.25, 0.3) is 5.91 Å². The minimum Gasteiger partial charge on any atom is -0.321 e. The van der Waals surface area contributed by atoms with Crippen LogP contribution in [-0.4, -0.2) is 5.91 Å². The van der Waals surface area contributed by atoms with Crippen molar-refractivity contribution in [1.29, 1.82) is 0 Å². The number of hydrogen-bond acceptors (Lipinski definition) is 1. The highest BCUT2D eigenvalue weighted by molar-refractivity contribution is 14.1. The first-order valence-electron chi connectivity index (χ1n) is 5.19. The number of amides is 1. The van der Waals surface area contributed by atoms with Gasteiger partial charge in [-0.25, -0.2) is 4.39 Å². The lowest BCUT2D eigenvalue weighted by Crippen LogP contribution is -2.14. The van der Waals surface area contributed by atoms with Gasteiger partial charge >= 0.3 is 0 Å². The molecule has 98 valence electrons. The molecule has 0 bridgehead atoms. The smallest absolute Gasteiger partial charge is 0.258 e. The van der Waals surface area contributed by atoms with Crippen molar-refractivity contribution in [3.05, 3.63) is 60.8 Å². The molecule has 0 fully saturated rings. The summed E-state index contributed by atoms with van der Waals surface area (Å²) in [5, 5.41) is 2.57. The van der Waals surface area contributed by atoms with Gasteiger partial charge in [0.05, 0.1) is 16.3 Å². The first-order valence-corrected chi connectivity index (χ1v) is 7.44. The van der Waals surface area contributed by atoms with Crippen LogP contribution in [0, 0.1) is 9.39 Å². The Bertz CT molecular complexity index is 651. The largest absolute Gasteiger partial charge is 0.321 e. The van der Waals surface area contributed by atoms with Crippen LogP contribution in [0.1, 0.15) is 10.4 Å². The molecule has 0 aromatic heterocycles. The molecule has 2 rings (SSSR count). The van der Waals surface area contributed by atoms with Gasteiger partial charge in [-0.15, -0.1) is 0 Å². The molecule has 0 saturated carbocycles. The van der Waals surface area contributed by atoms with Gasteiger partial charge in [-0.3, -0.25) is 4.79 Å². The molecular weight excluding hydrogens is 447 g/mol. The summed E-state index contributed by atoms with van der Waals surface area (Å²) in [6.07, 6.45) is 0. The summed E-state index contributed by atoms with van der Waals surface area (Å²) in [6.45, 7) is 0. The Morgan fingerprint density at radius 3 is 2.79 bits per heavy atom. The van der Waals surface area contributed by atoms with E-state index >= 15 is 0 Å². The number of carbonyl (C=O) groups excluding carboxylic acids is 1. The number of anilines is 1. The van der Waals surface area contributed by atoms with Crippen LogP contribution in [0.25, 0.3) is 0 Å². The van der Waals surface area contributed by atoms with Gasteiger partial charge in [-0.1, -0.05) is 17.7 Å². The van der Waals surface area contributed by atoms with Gasteiger partial charge in [0.1, 0.15) is 0 Å². The lowest BCUT2D eigenvalue weighted by molar-refractivity contribution is 0.102. The summed E-state index contributed by atoms with van der Waals surface area (Å²) in [6, 6.07) is 9.80. The second-order valence-electron chi connectivity index (χ2n) is 3.68. The highest BCUT2D eigenvalue weighted by atomic mass is 127. The van der Waals surface area contributed by atoms with E-state index in [9.17, 15) is 9.18 Å². The molecule has 0 heterocycles. The summed E-state index contributed by atoms with van der Waals surface area (Å²) >= 11 is 11.1. The molecule has 2 nitrogen and oxygen atoms in total. The molecule has 1 amide bonds. The zero-order chi connectivity index (χ0) is 14.0. The van der Waals surface area contributed by atoms with Crippen LogP contribution in [0.4, 0.5) is 10.1 Å². The normalized spacial score (nSPS) is 10.3. The van der Waals surface area contributed by atoms with Crippen molar-refractivity contribution in [2.24, 2.45) is 0 Å². The van der Waals surface area contributed by atoms with Crippen molar-refractivity contribution < 1.29 is 9.18 Å². The van der Waals surface area contributed by atoms with Crippen molar-refractivity contribution in [2.45, 2.75) is 0 Å². The van der Waals surface area contributed by atoms with Crippen molar-refractivity contribution >= 4 is 61.7 Å². The third-order valence-electron chi connectivity index (χ3n) is 2.37. The molecule has 0 aliphatic rings. The van der Waals surface area contributed by atoms with Crippen LogP contribution < -0.4 is 5.32 Å². The number of nitrogens with one attached hydrogen (secondary N) is 1. The maximum Gasteiger partial charge on any atom is 0.258 e. The van der Waals surface area contributed by atoms with Crippen molar-refractivity contribution in [3.63, 3.8) is 0 Å². The van der Waals surface area contributed by atoms with Crippen LogP contribution >= 0.6 is 50.1 Å². The number of rotatable bonds is 2. The molecule has 2 aromatic rings. The number of benzene rings is 2. The lowest BCUT2D eigenvalue weighted by atomic mass is 10.2. The number of halogens is 4.